The Morgan fingerprint density at radius 2 is 2.03 bits per heavy atom. The molecule has 194 valence electrons. The Balaban J connectivity index is 1.52. The summed E-state index contributed by atoms with van der Waals surface area (Å²) in [6.45, 7) is 7.60. The molecule has 35 heavy (non-hydrogen) atoms. The predicted molar refractivity (Wildman–Crippen MR) is 137 cm³/mol. The van der Waals surface area contributed by atoms with Crippen molar-refractivity contribution in [2.45, 2.75) is 68.1 Å². The van der Waals surface area contributed by atoms with E-state index in [4.69, 9.17) is 19.5 Å². The lowest BCUT2D eigenvalue weighted by atomic mass is 10.0. The van der Waals surface area contributed by atoms with Crippen LogP contribution in [-0.4, -0.2) is 49.2 Å². The minimum Gasteiger partial charge on any atom is -0.385 e. The topological polar surface area (TPSA) is 146 Å². The fraction of sp³-hybridized carbons (Fsp3) is 0.545. The molecule has 0 aliphatic carbocycles. The van der Waals surface area contributed by atoms with E-state index >= 15 is 0 Å². The minimum atomic E-state index is -4.36. The Hall–Kier alpha value is -1.37. The number of aliphatic hydroxyl groups is 1. The van der Waals surface area contributed by atoms with Crippen molar-refractivity contribution in [1.29, 1.82) is 0 Å². The van der Waals surface area contributed by atoms with E-state index in [0.717, 1.165) is 15.0 Å². The number of phosphoric ester groups is 1. The van der Waals surface area contributed by atoms with Crippen LogP contribution < -0.4 is 11.4 Å². The molecule has 1 unspecified atom stereocenters. The highest BCUT2D eigenvalue weighted by Crippen LogP contribution is 2.46. The number of hydrogen-bond donors (Lipinski definition) is 3. The summed E-state index contributed by atoms with van der Waals surface area (Å²) in [5, 5.41) is 10.7. The van der Waals surface area contributed by atoms with Gasteiger partial charge < -0.3 is 20.5 Å². The Labute approximate surface area is 212 Å². The Bertz CT molecular complexity index is 1120. The number of hydrogen-bond acceptors (Lipinski definition) is 10. The van der Waals surface area contributed by atoms with Crippen LogP contribution in [0.5, 0.6) is 0 Å². The highest BCUT2D eigenvalue weighted by atomic mass is 33.1. The van der Waals surface area contributed by atoms with Gasteiger partial charge in [-0.05, 0) is 31.0 Å². The number of rotatable bonds is 10. The summed E-state index contributed by atoms with van der Waals surface area (Å²) in [6, 6.07) is 9.25. The van der Waals surface area contributed by atoms with Crippen LogP contribution in [0, 0.1) is 0 Å². The lowest BCUT2D eigenvalue weighted by molar-refractivity contribution is -0.0894. The zero-order chi connectivity index (χ0) is 25.9. The molecule has 1 aliphatic rings. The van der Waals surface area contributed by atoms with Gasteiger partial charge in [0, 0.05) is 22.3 Å². The molecule has 10 nitrogen and oxygen atoms in total. The largest absolute Gasteiger partial charge is 0.472 e. The molecule has 1 aromatic carbocycles. The van der Waals surface area contributed by atoms with Crippen LogP contribution >= 0.6 is 29.4 Å². The molecule has 0 saturated carbocycles. The average molecular weight is 546 g/mol. The summed E-state index contributed by atoms with van der Waals surface area (Å²) in [5.41, 5.74) is 4.42. The van der Waals surface area contributed by atoms with Gasteiger partial charge in [-0.15, -0.1) is 0 Å². The van der Waals surface area contributed by atoms with Gasteiger partial charge in [0.2, 0.25) is 0 Å². The number of benzene rings is 1. The third kappa shape index (κ3) is 8.33. The van der Waals surface area contributed by atoms with Crippen LogP contribution in [-0.2, 0) is 24.8 Å². The van der Waals surface area contributed by atoms with Crippen molar-refractivity contribution in [2.75, 3.05) is 18.9 Å². The number of phosphoric acid groups is 1. The summed E-state index contributed by atoms with van der Waals surface area (Å²) in [6.07, 6.45) is 0.102. The maximum absolute atomic E-state index is 12.4. The van der Waals surface area contributed by atoms with Crippen LogP contribution in [0.25, 0.3) is 0 Å². The van der Waals surface area contributed by atoms with Gasteiger partial charge in [0.1, 0.15) is 11.4 Å². The van der Waals surface area contributed by atoms with Crippen LogP contribution in [0.3, 0.4) is 0 Å². The first-order valence-corrected chi connectivity index (χ1v) is 14.7. The van der Waals surface area contributed by atoms with Crippen molar-refractivity contribution in [3.63, 3.8) is 0 Å². The van der Waals surface area contributed by atoms with Crippen molar-refractivity contribution >= 4 is 35.2 Å². The average Bonchev–Trinajstić information content (AvgIpc) is 3.05. The number of nitrogen functional groups attached to an aromatic ring is 1. The molecule has 0 bridgehead atoms. The molecule has 1 aromatic heterocycles. The molecule has 2 aromatic rings. The highest BCUT2D eigenvalue weighted by Gasteiger charge is 2.46. The van der Waals surface area contributed by atoms with Crippen LogP contribution in [0.4, 0.5) is 5.82 Å². The fourth-order valence-corrected chi connectivity index (χ4v) is 6.46. The lowest BCUT2D eigenvalue weighted by Crippen LogP contribution is -2.38. The smallest absolute Gasteiger partial charge is 0.385 e. The molecule has 0 spiro atoms. The molecular formula is C22H32N3O7PS2. The van der Waals surface area contributed by atoms with E-state index < -0.39 is 31.4 Å². The number of anilines is 1. The van der Waals surface area contributed by atoms with Gasteiger partial charge in [-0.3, -0.25) is 13.6 Å². The van der Waals surface area contributed by atoms with Crippen molar-refractivity contribution in [2.24, 2.45) is 0 Å². The van der Waals surface area contributed by atoms with Gasteiger partial charge in [-0.25, -0.2) is 9.36 Å². The van der Waals surface area contributed by atoms with E-state index in [0.29, 0.717) is 6.42 Å². The second kappa shape index (κ2) is 11.4. The summed E-state index contributed by atoms with van der Waals surface area (Å²) >= 11 is 0. The summed E-state index contributed by atoms with van der Waals surface area (Å²) in [5.74, 6) is 0.0521. The molecular weight excluding hydrogens is 513 g/mol. The SMILES string of the molecule is CC(C)(C)SSc1ccccc1CCOP(=O)(O)OC[C@@H]1C[C@@](C)(O)[C@H](n2ccc(N)nc2=O)O1. The number of aromatic nitrogens is 2. The lowest BCUT2D eigenvalue weighted by Gasteiger charge is -2.25. The van der Waals surface area contributed by atoms with Gasteiger partial charge in [0.05, 0.1) is 19.3 Å². The quantitative estimate of drug-likeness (QED) is 0.296. The van der Waals surface area contributed by atoms with Crippen molar-refractivity contribution < 1.29 is 28.3 Å². The van der Waals surface area contributed by atoms with E-state index in [1.807, 2.05) is 24.3 Å². The number of nitrogens with zero attached hydrogens (tertiary/aromatic N) is 2. The maximum atomic E-state index is 12.4. The summed E-state index contributed by atoms with van der Waals surface area (Å²) < 4.78 is 29.6. The third-order valence-corrected chi connectivity index (χ3v) is 9.44. The third-order valence-electron chi connectivity index (χ3n) is 5.00. The molecule has 1 fully saturated rings. The second-order valence-corrected chi connectivity index (χ2v) is 13.9. The first kappa shape index (κ1) is 28.2. The summed E-state index contributed by atoms with van der Waals surface area (Å²) in [4.78, 5) is 27.0. The van der Waals surface area contributed by atoms with Gasteiger partial charge in [0.15, 0.2) is 6.23 Å². The van der Waals surface area contributed by atoms with Gasteiger partial charge >= 0.3 is 13.5 Å². The van der Waals surface area contributed by atoms with E-state index in [9.17, 15) is 19.4 Å². The standard InChI is InChI=1S/C22H32N3O7PS2/c1-21(2,3)35-34-17-8-6-5-7-15(17)10-12-30-33(28,29)31-14-16-13-22(4,27)19(32-16)25-11-9-18(23)24-20(25)26/h5-9,11,16,19,27H,10,12-14H2,1-4H3,(H,28,29)(H2,23,24,26)/t16-,19+,22+/m0/s1. The second-order valence-electron chi connectivity index (χ2n) is 9.45. The number of ether oxygens (including phenoxy) is 1. The molecule has 0 radical (unpaired) electrons. The van der Waals surface area contributed by atoms with E-state index in [1.165, 1.54) is 19.2 Å². The normalized spacial score (nSPS) is 24.4. The van der Waals surface area contributed by atoms with Crippen LogP contribution in [0.2, 0.25) is 0 Å². The molecule has 4 atom stereocenters. The molecule has 1 aliphatic heterocycles. The summed E-state index contributed by atoms with van der Waals surface area (Å²) in [7, 11) is -0.955. The highest BCUT2D eigenvalue weighted by molar-refractivity contribution is 8.77. The molecule has 4 N–H and O–H groups in total. The fourth-order valence-electron chi connectivity index (χ4n) is 3.45. The van der Waals surface area contributed by atoms with Crippen LogP contribution in [0.1, 0.15) is 45.9 Å². The molecule has 3 rings (SSSR count). The Morgan fingerprint density at radius 3 is 2.71 bits per heavy atom. The van der Waals surface area contributed by atoms with Gasteiger partial charge in [0.25, 0.3) is 0 Å². The Morgan fingerprint density at radius 1 is 1.31 bits per heavy atom. The van der Waals surface area contributed by atoms with Gasteiger partial charge in [-0.2, -0.15) is 4.98 Å². The van der Waals surface area contributed by atoms with E-state index in [-0.39, 0.29) is 30.2 Å². The monoisotopic (exact) mass is 545 g/mol. The molecule has 1 saturated heterocycles. The van der Waals surface area contributed by atoms with Crippen LogP contribution in [0.15, 0.2) is 46.2 Å². The molecule has 0 amide bonds. The minimum absolute atomic E-state index is 0.0100. The first-order chi connectivity index (χ1) is 16.3. The zero-order valence-electron chi connectivity index (χ0n) is 20.1. The Kier molecular flexibility index (Phi) is 9.15. The zero-order valence-corrected chi connectivity index (χ0v) is 22.6. The van der Waals surface area contributed by atoms with Crippen molar-refractivity contribution in [3.8, 4) is 0 Å². The number of nitrogens with two attached hydrogens (primary N) is 1. The molecule has 13 heteroatoms. The van der Waals surface area contributed by atoms with E-state index in [2.05, 4.69) is 25.8 Å². The predicted octanol–water partition coefficient (Wildman–Crippen LogP) is 3.78. The maximum Gasteiger partial charge on any atom is 0.472 e. The van der Waals surface area contributed by atoms with E-state index in [1.54, 1.807) is 21.6 Å². The van der Waals surface area contributed by atoms with Crippen molar-refractivity contribution in [3.05, 3.63) is 52.6 Å². The first-order valence-electron chi connectivity index (χ1n) is 11.0. The van der Waals surface area contributed by atoms with Crippen molar-refractivity contribution in [1.82, 2.24) is 9.55 Å². The van der Waals surface area contributed by atoms with Gasteiger partial charge in [-0.1, -0.05) is 60.6 Å². The molecule has 2 heterocycles.